The number of nitrogens with two attached hydrogens (primary N) is 1. The number of hydrogen-bond acceptors (Lipinski definition) is 2. The summed E-state index contributed by atoms with van der Waals surface area (Å²) in [6.07, 6.45) is 1.87. The van der Waals surface area contributed by atoms with Crippen LogP contribution in [0.3, 0.4) is 0 Å². The monoisotopic (exact) mass is 139 g/mol. The molecule has 1 nitrogen and oxygen atoms in total. The SMILES string of the molecule is NCCCC(S)Cl. The molecular weight excluding hydrogens is 130 g/mol. The van der Waals surface area contributed by atoms with Gasteiger partial charge in [-0.15, -0.1) is 11.6 Å². The normalized spacial score (nSPS) is 14.1. The van der Waals surface area contributed by atoms with Crippen LogP contribution in [-0.4, -0.2) is 11.3 Å². The third kappa shape index (κ3) is 6.60. The number of alkyl halides is 1. The third-order valence-corrected chi connectivity index (χ3v) is 1.12. The van der Waals surface area contributed by atoms with E-state index < -0.39 is 0 Å². The molecule has 0 aromatic carbocycles. The molecule has 2 N–H and O–H groups in total. The molecule has 0 aromatic rings. The van der Waals surface area contributed by atoms with Gasteiger partial charge < -0.3 is 5.73 Å². The van der Waals surface area contributed by atoms with Gasteiger partial charge in [-0.05, 0) is 19.4 Å². The van der Waals surface area contributed by atoms with Gasteiger partial charge in [-0.2, -0.15) is 12.6 Å². The molecule has 0 saturated carbocycles. The lowest BCUT2D eigenvalue weighted by Crippen LogP contribution is -2.00. The van der Waals surface area contributed by atoms with Crippen LogP contribution in [0.5, 0.6) is 0 Å². The minimum absolute atomic E-state index is 0.0106. The molecule has 0 aliphatic rings. The van der Waals surface area contributed by atoms with Crippen LogP contribution in [0.1, 0.15) is 12.8 Å². The first-order valence-electron chi connectivity index (χ1n) is 2.29. The van der Waals surface area contributed by atoms with Crippen molar-refractivity contribution in [3.05, 3.63) is 0 Å². The van der Waals surface area contributed by atoms with Gasteiger partial charge in [-0.1, -0.05) is 0 Å². The lowest BCUT2D eigenvalue weighted by molar-refractivity contribution is 0.795. The predicted octanol–water partition coefficient (Wildman–Crippen LogP) is 1.22. The second kappa shape index (κ2) is 4.75. The van der Waals surface area contributed by atoms with E-state index in [4.69, 9.17) is 17.3 Å². The Hall–Kier alpha value is 0.600. The van der Waals surface area contributed by atoms with Crippen molar-refractivity contribution in [3.8, 4) is 0 Å². The quantitative estimate of drug-likeness (QED) is 0.447. The summed E-state index contributed by atoms with van der Waals surface area (Å²) in [5.74, 6) is 0. The van der Waals surface area contributed by atoms with Crippen LogP contribution in [0.15, 0.2) is 0 Å². The smallest absolute Gasteiger partial charge is 0.0759 e. The van der Waals surface area contributed by atoms with Crippen molar-refractivity contribution < 1.29 is 0 Å². The van der Waals surface area contributed by atoms with Crippen LogP contribution >= 0.6 is 24.2 Å². The highest BCUT2D eigenvalue weighted by atomic mass is 35.5. The second-order valence-electron chi connectivity index (χ2n) is 1.37. The Kier molecular flexibility index (Phi) is 5.16. The first-order valence-corrected chi connectivity index (χ1v) is 3.25. The molecule has 0 rings (SSSR count). The van der Waals surface area contributed by atoms with E-state index in [-0.39, 0.29) is 4.71 Å². The standard InChI is InChI=1S/C4H10ClNS/c5-4(7)2-1-3-6/h4,7H,1-3,6H2. The lowest BCUT2D eigenvalue weighted by atomic mass is 10.3. The van der Waals surface area contributed by atoms with E-state index in [1.165, 1.54) is 0 Å². The van der Waals surface area contributed by atoms with Crippen molar-refractivity contribution in [2.45, 2.75) is 17.6 Å². The molecule has 0 saturated heterocycles. The molecule has 0 heterocycles. The van der Waals surface area contributed by atoms with Gasteiger partial charge >= 0.3 is 0 Å². The zero-order valence-electron chi connectivity index (χ0n) is 4.10. The van der Waals surface area contributed by atoms with Crippen LogP contribution in [0.4, 0.5) is 0 Å². The minimum atomic E-state index is -0.0106. The van der Waals surface area contributed by atoms with Crippen molar-refractivity contribution in [1.82, 2.24) is 0 Å². The van der Waals surface area contributed by atoms with Crippen molar-refractivity contribution in [2.75, 3.05) is 6.54 Å². The summed E-state index contributed by atoms with van der Waals surface area (Å²) < 4.78 is -0.0106. The van der Waals surface area contributed by atoms with E-state index in [1.807, 2.05) is 0 Å². The average molecular weight is 140 g/mol. The summed E-state index contributed by atoms with van der Waals surface area (Å²) in [5, 5.41) is 0. The van der Waals surface area contributed by atoms with Crippen LogP contribution in [0.2, 0.25) is 0 Å². The Labute approximate surface area is 54.6 Å². The van der Waals surface area contributed by atoms with E-state index >= 15 is 0 Å². The van der Waals surface area contributed by atoms with Crippen molar-refractivity contribution in [3.63, 3.8) is 0 Å². The van der Waals surface area contributed by atoms with Gasteiger partial charge in [0.05, 0.1) is 4.71 Å². The van der Waals surface area contributed by atoms with Gasteiger partial charge in [0.1, 0.15) is 0 Å². The molecule has 0 bridgehead atoms. The molecule has 1 atom stereocenters. The Bertz CT molecular complexity index is 40.7. The van der Waals surface area contributed by atoms with Crippen molar-refractivity contribution in [2.24, 2.45) is 5.73 Å². The predicted molar refractivity (Wildman–Crippen MR) is 36.9 cm³/mol. The topological polar surface area (TPSA) is 26.0 Å². The van der Waals surface area contributed by atoms with E-state index in [9.17, 15) is 0 Å². The van der Waals surface area contributed by atoms with Crippen molar-refractivity contribution in [1.29, 1.82) is 0 Å². The molecule has 0 aliphatic carbocycles. The summed E-state index contributed by atoms with van der Waals surface area (Å²) in [4.78, 5) is 0. The summed E-state index contributed by atoms with van der Waals surface area (Å²) in [5.41, 5.74) is 5.18. The molecule has 44 valence electrons. The van der Waals surface area contributed by atoms with Gasteiger partial charge in [0, 0.05) is 0 Å². The van der Waals surface area contributed by atoms with Crippen LogP contribution in [-0.2, 0) is 0 Å². The van der Waals surface area contributed by atoms with Crippen LogP contribution in [0, 0.1) is 0 Å². The third-order valence-electron chi connectivity index (χ3n) is 0.646. The number of halogens is 1. The molecule has 7 heavy (non-hydrogen) atoms. The first-order chi connectivity index (χ1) is 3.27. The Morgan fingerprint density at radius 2 is 2.29 bits per heavy atom. The first kappa shape index (κ1) is 7.60. The maximum Gasteiger partial charge on any atom is 0.0759 e. The molecular formula is C4H10ClNS. The van der Waals surface area contributed by atoms with Gasteiger partial charge in [-0.25, -0.2) is 0 Å². The Morgan fingerprint density at radius 1 is 1.71 bits per heavy atom. The Balaban J connectivity index is 2.68. The second-order valence-corrected chi connectivity index (χ2v) is 2.82. The molecule has 0 radical (unpaired) electrons. The summed E-state index contributed by atoms with van der Waals surface area (Å²) in [7, 11) is 0. The molecule has 0 amide bonds. The maximum absolute atomic E-state index is 5.47. The maximum atomic E-state index is 5.47. The highest BCUT2D eigenvalue weighted by molar-refractivity contribution is 7.82. The van der Waals surface area contributed by atoms with Crippen molar-refractivity contribution >= 4 is 24.2 Å². The largest absolute Gasteiger partial charge is 0.330 e. The zero-order valence-corrected chi connectivity index (χ0v) is 5.75. The van der Waals surface area contributed by atoms with Crippen LogP contribution in [0.25, 0.3) is 0 Å². The van der Waals surface area contributed by atoms with E-state index in [2.05, 4.69) is 12.6 Å². The van der Waals surface area contributed by atoms with E-state index in [0.717, 1.165) is 12.8 Å². The summed E-state index contributed by atoms with van der Waals surface area (Å²) in [6.45, 7) is 0.712. The molecule has 3 heteroatoms. The van der Waals surface area contributed by atoms with Crippen LogP contribution < -0.4 is 5.73 Å². The minimum Gasteiger partial charge on any atom is -0.330 e. The number of hydrogen-bond donors (Lipinski definition) is 2. The van der Waals surface area contributed by atoms with Gasteiger partial charge in [0.15, 0.2) is 0 Å². The summed E-state index contributed by atoms with van der Waals surface area (Å²) >= 11 is 9.41. The average Bonchev–Trinajstić information content (AvgIpc) is 1.61. The summed E-state index contributed by atoms with van der Waals surface area (Å²) in [6, 6.07) is 0. The lowest BCUT2D eigenvalue weighted by Gasteiger charge is -1.95. The van der Waals surface area contributed by atoms with E-state index in [0.29, 0.717) is 6.54 Å². The molecule has 0 aliphatic heterocycles. The number of rotatable bonds is 3. The molecule has 0 aromatic heterocycles. The van der Waals surface area contributed by atoms with Gasteiger partial charge in [-0.3, -0.25) is 0 Å². The van der Waals surface area contributed by atoms with Gasteiger partial charge in [0.2, 0.25) is 0 Å². The fourth-order valence-corrected chi connectivity index (χ4v) is 0.623. The molecule has 0 fully saturated rings. The zero-order chi connectivity index (χ0) is 5.70. The molecule has 1 unspecified atom stereocenters. The number of thiol groups is 1. The highest BCUT2D eigenvalue weighted by Gasteiger charge is 1.92. The fourth-order valence-electron chi connectivity index (χ4n) is 0.286. The fraction of sp³-hybridized carbons (Fsp3) is 1.00. The van der Waals surface area contributed by atoms with E-state index in [1.54, 1.807) is 0 Å². The highest BCUT2D eigenvalue weighted by Crippen LogP contribution is 2.06. The Morgan fingerprint density at radius 3 is 2.43 bits per heavy atom. The van der Waals surface area contributed by atoms with Gasteiger partial charge in [0.25, 0.3) is 0 Å². The molecule has 0 spiro atoms.